The van der Waals surface area contributed by atoms with Crippen LogP contribution in [0.4, 0.5) is 5.95 Å². The molecule has 3 nitrogen and oxygen atoms in total. The summed E-state index contributed by atoms with van der Waals surface area (Å²) < 4.78 is 2.37. The maximum atomic E-state index is 4.90. The highest BCUT2D eigenvalue weighted by Crippen LogP contribution is 2.41. The van der Waals surface area contributed by atoms with Crippen molar-refractivity contribution in [2.24, 2.45) is 0 Å². The summed E-state index contributed by atoms with van der Waals surface area (Å²) in [7, 11) is 0. The van der Waals surface area contributed by atoms with Gasteiger partial charge in [-0.25, -0.2) is 4.98 Å². The summed E-state index contributed by atoms with van der Waals surface area (Å²) in [6, 6.07) is 28.8. The number of para-hydroxylation sites is 2. The molecule has 0 aliphatic carbocycles. The summed E-state index contributed by atoms with van der Waals surface area (Å²) in [4.78, 5) is 4.90. The minimum Gasteiger partial charge on any atom is -0.349 e. The van der Waals surface area contributed by atoms with E-state index in [1.165, 1.54) is 22.2 Å². The van der Waals surface area contributed by atoms with Gasteiger partial charge in [0.15, 0.2) is 0 Å². The summed E-state index contributed by atoms with van der Waals surface area (Å²) in [6.45, 7) is 4.49. The Balaban J connectivity index is 1.63. The van der Waals surface area contributed by atoms with Crippen molar-refractivity contribution in [1.29, 1.82) is 0 Å². The number of fused-ring (bicyclic) bond motifs is 3. The minimum atomic E-state index is 0.250. The lowest BCUT2D eigenvalue weighted by atomic mass is 9.91. The molecule has 2 heterocycles. The molecule has 0 saturated heterocycles. The molecule has 0 bridgehead atoms. The van der Waals surface area contributed by atoms with Crippen molar-refractivity contribution in [3.63, 3.8) is 0 Å². The molecule has 3 heteroatoms. The molecule has 0 saturated carbocycles. The van der Waals surface area contributed by atoms with Crippen molar-refractivity contribution in [3.8, 4) is 0 Å². The van der Waals surface area contributed by atoms with Gasteiger partial charge in [0, 0.05) is 0 Å². The average molecular weight is 367 g/mol. The zero-order chi connectivity index (χ0) is 19.1. The van der Waals surface area contributed by atoms with E-state index in [1.807, 2.05) is 0 Å². The van der Waals surface area contributed by atoms with Crippen molar-refractivity contribution < 1.29 is 0 Å². The number of anilines is 1. The van der Waals surface area contributed by atoms with Gasteiger partial charge in [-0.1, -0.05) is 80.6 Å². The summed E-state index contributed by atoms with van der Waals surface area (Å²) in [5.41, 5.74) is 6.27. The van der Waals surface area contributed by atoms with Crippen LogP contribution in [0.5, 0.6) is 0 Å². The number of nitrogens with one attached hydrogen (secondary N) is 1. The zero-order valence-corrected chi connectivity index (χ0v) is 16.3. The third kappa shape index (κ3) is 2.88. The van der Waals surface area contributed by atoms with Gasteiger partial charge in [0.25, 0.3) is 0 Å². The average Bonchev–Trinajstić information content (AvgIpc) is 3.12. The van der Waals surface area contributed by atoms with Crippen LogP contribution < -0.4 is 5.32 Å². The van der Waals surface area contributed by atoms with Crippen LogP contribution in [-0.4, -0.2) is 9.55 Å². The summed E-state index contributed by atoms with van der Waals surface area (Å²) in [5.74, 6) is 1.50. The summed E-state index contributed by atoms with van der Waals surface area (Å²) >= 11 is 0. The van der Waals surface area contributed by atoms with E-state index in [4.69, 9.17) is 4.98 Å². The Morgan fingerprint density at radius 3 is 2.32 bits per heavy atom. The molecule has 0 amide bonds. The number of aromatic nitrogens is 2. The second kappa shape index (κ2) is 6.83. The number of imidazole rings is 1. The molecule has 0 fully saturated rings. The van der Waals surface area contributed by atoms with Crippen molar-refractivity contribution in [3.05, 3.63) is 95.6 Å². The lowest BCUT2D eigenvalue weighted by Gasteiger charge is -2.33. The molecule has 0 spiro atoms. The van der Waals surface area contributed by atoms with E-state index in [2.05, 4.69) is 103 Å². The van der Waals surface area contributed by atoms with Crippen LogP contribution in [0.1, 0.15) is 55.0 Å². The maximum absolute atomic E-state index is 4.90. The van der Waals surface area contributed by atoms with Gasteiger partial charge < -0.3 is 9.88 Å². The van der Waals surface area contributed by atoms with Gasteiger partial charge in [0.1, 0.15) is 0 Å². The lowest BCUT2D eigenvalue weighted by Crippen LogP contribution is -2.27. The number of hydrogen-bond donors (Lipinski definition) is 1. The van der Waals surface area contributed by atoms with Crippen molar-refractivity contribution in [2.45, 2.75) is 38.3 Å². The monoisotopic (exact) mass is 367 g/mol. The summed E-state index contributed by atoms with van der Waals surface area (Å²) in [6.07, 6.45) is 0.998. The number of nitrogens with zero attached hydrogens (tertiary/aromatic N) is 2. The largest absolute Gasteiger partial charge is 0.349 e. The van der Waals surface area contributed by atoms with E-state index in [0.717, 1.165) is 17.9 Å². The first-order chi connectivity index (χ1) is 13.7. The topological polar surface area (TPSA) is 29.9 Å². The Bertz CT molecular complexity index is 1090. The Hall–Kier alpha value is -3.07. The molecule has 28 heavy (non-hydrogen) atoms. The van der Waals surface area contributed by atoms with E-state index < -0.39 is 0 Å². The smallest absolute Gasteiger partial charge is 0.204 e. The molecule has 140 valence electrons. The normalized spacial score (nSPS) is 18.8. The third-order valence-electron chi connectivity index (χ3n) is 5.86. The highest BCUT2D eigenvalue weighted by molar-refractivity contribution is 5.79. The van der Waals surface area contributed by atoms with Gasteiger partial charge in [-0.2, -0.15) is 0 Å². The minimum absolute atomic E-state index is 0.250. The molecule has 1 aromatic heterocycles. The fourth-order valence-corrected chi connectivity index (χ4v) is 4.30. The number of hydrogen-bond acceptors (Lipinski definition) is 2. The second-order valence-electron chi connectivity index (χ2n) is 7.97. The lowest BCUT2D eigenvalue weighted by molar-refractivity contribution is 0.477. The molecule has 4 aromatic rings. The van der Waals surface area contributed by atoms with Gasteiger partial charge >= 0.3 is 0 Å². The molecular formula is C25H25N3. The third-order valence-corrected chi connectivity index (χ3v) is 5.86. The Kier molecular flexibility index (Phi) is 4.16. The van der Waals surface area contributed by atoms with Crippen LogP contribution in [0.25, 0.3) is 11.0 Å². The predicted octanol–water partition coefficient (Wildman–Crippen LogP) is 6.31. The van der Waals surface area contributed by atoms with Crippen LogP contribution in [0, 0.1) is 0 Å². The number of rotatable bonds is 3. The molecule has 1 aliphatic heterocycles. The fraction of sp³-hybridized carbons (Fsp3) is 0.240. The molecule has 2 unspecified atom stereocenters. The van der Waals surface area contributed by atoms with Crippen LogP contribution in [0.3, 0.4) is 0 Å². The Labute approximate surface area is 166 Å². The van der Waals surface area contributed by atoms with Gasteiger partial charge in [-0.05, 0) is 41.2 Å². The molecule has 1 aliphatic rings. The van der Waals surface area contributed by atoms with E-state index >= 15 is 0 Å². The molecule has 2 atom stereocenters. The first-order valence-corrected chi connectivity index (χ1v) is 10.1. The number of benzene rings is 3. The maximum Gasteiger partial charge on any atom is 0.204 e. The van der Waals surface area contributed by atoms with Crippen molar-refractivity contribution in [2.75, 3.05) is 5.32 Å². The second-order valence-corrected chi connectivity index (χ2v) is 7.97. The quantitative estimate of drug-likeness (QED) is 0.460. The Morgan fingerprint density at radius 1 is 0.857 bits per heavy atom. The first-order valence-electron chi connectivity index (χ1n) is 10.1. The van der Waals surface area contributed by atoms with E-state index in [0.29, 0.717) is 5.92 Å². The SMILES string of the molecule is CC(C)c1ccc(C2CC(c3ccccc3)Nc3nc4ccccc4n32)cc1. The van der Waals surface area contributed by atoms with E-state index in [-0.39, 0.29) is 12.1 Å². The summed E-state index contributed by atoms with van der Waals surface area (Å²) in [5, 5.41) is 3.68. The fourth-order valence-electron chi connectivity index (χ4n) is 4.30. The molecule has 5 rings (SSSR count). The first kappa shape index (κ1) is 17.1. The van der Waals surface area contributed by atoms with Crippen LogP contribution >= 0.6 is 0 Å². The van der Waals surface area contributed by atoms with Crippen LogP contribution in [0.15, 0.2) is 78.9 Å². The molecule has 3 aromatic carbocycles. The van der Waals surface area contributed by atoms with Gasteiger partial charge in [-0.3, -0.25) is 0 Å². The standard InChI is InChI=1S/C25H25N3/c1-17(2)18-12-14-20(15-13-18)24-16-22(19-8-4-3-5-9-19)27-25-26-21-10-6-7-11-23(21)28(24)25/h3-15,17,22,24H,16H2,1-2H3,(H,26,27). The van der Waals surface area contributed by atoms with E-state index in [9.17, 15) is 0 Å². The highest BCUT2D eigenvalue weighted by atomic mass is 15.3. The molecule has 0 radical (unpaired) electrons. The van der Waals surface area contributed by atoms with Crippen LogP contribution in [0.2, 0.25) is 0 Å². The highest BCUT2D eigenvalue weighted by Gasteiger charge is 2.30. The molecule has 1 N–H and O–H groups in total. The molecular weight excluding hydrogens is 342 g/mol. The van der Waals surface area contributed by atoms with Crippen LogP contribution in [-0.2, 0) is 0 Å². The van der Waals surface area contributed by atoms with Gasteiger partial charge in [0.05, 0.1) is 23.1 Å². The van der Waals surface area contributed by atoms with Gasteiger partial charge in [0.2, 0.25) is 5.95 Å². The Morgan fingerprint density at radius 2 is 1.57 bits per heavy atom. The van der Waals surface area contributed by atoms with Crippen molar-refractivity contribution >= 4 is 17.0 Å². The predicted molar refractivity (Wildman–Crippen MR) is 116 cm³/mol. The van der Waals surface area contributed by atoms with E-state index in [1.54, 1.807) is 0 Å². The van der Waals surface area contributed by atoms with Crippen molar-refractivity contribution in [1.82, 2.24) is 9.55 Å². The van der Waals surface area contributed by atoms with Gasteiger partial charge in [-0.15, -0.1) is 0 Å². The zero-order valence-electron chi connectivity index (χ0n) is 16.3.